The Bertz CT molecular complexity index is 1210. The molecule has 9 nitrogen and oxygen atoms in total. The molecule has 156 valence electrons. The first-order chi connectivity index (χ1) is 15.0. The van der Waals surface area contributed by atoms with Gasteiger partial charge in [-0.15, -0.1) is 0 Å². The molecule has 1 atom stereocenters. The van der Waals surface area contributed by atoms with Crippen molar-refractivity contribution in [1.29, 1.82) is 0 Å². The molecule has 31 heavy (non-hydrogen) atoms. The SMILES string of the molecule is O=C1CCC(N2Cc3ccc(CNC(=O)c4nc5ccccc5[nH]4)cc3C2=O)C(=O)N1. The van der Waals surface area contributed by atoms with Gasteiger partial charge in [0.25, 0.3) is 11.8 Å². The normalized spacial score (nSPS) is 18.3. The highest BCUT2D eigenvalue weighted by Gasteiger charge is 2.39. The van der Waals surface area contributed by atoms with Crippen molar-refractivity contribution < 1.29 is 19.2 Å². The molecule has 1 fully saturated rings. The second kappa shape index (κ2) is 7.35. The second-order valence-corrected chi connectivity index (χ2v) is 7.68. The summed E-state index contributed by atoms with van der Waals surface area (Å²) >= 11 is 0. The monoisotopic (exact) mass is 417 g/mol. The van der Waals surface area contributed by atoms with Crippen molar-refractivity contribution in [3.63, 3.8) is 0 Å². The van der Waals surface area contributed by atoms with E-state index in [1.54, 1.807) is 6.07 Å². The molecule has 1 aromatic heterocycles. The number of nitrogens with one attached hydrogen (secondary N) is 3. The first kappa shape index (κ1) is 19.0. The molecule has 2 aliphatic heterocycles. The number of para-hydroxylation sites is 2. The minimum atomic E-state index is -0.645. The van der Waals surface area contributed by atoms with E-state index in [-0.39, 0.29) is 36.5 Å². The number of carbonyl (C=O) groups is 4. The van der Waals surface area contributed by atoms with E-state index in [9.17, 15) is 19.2 Å². The molecule has 0 aliphatic carbocycles. The third-order valence-corrected chi connectivity index (χ3v) is 5.65. The van der Waals surface area contributed by atoms with Crippen molar-refractivity contribution >= 4 is 34.7 Å². The zero-order valence-corrected chi connectivity index (χ0v) is 16.5. The number of aromatic amines is 1. The minimum absolute atomic E-state index is 0.218. The molecular formula is C22H19N5O4. The summed E-state index contributed by atoms with van der Waals surface area (Å²) in [4.78, 5) is 57.6. The van der Waals surface area contributed by atoms with Crippen molar-refractivity contribution in [2.24, 2.45) is 0 Å². The Kier molecular flexibility index (Phi) is 4.50. The molecule has 0 bridgehead atoms. The van der Waals surface area contributed by atoms with Crippen molar-refractivity contribution in [3.8, 4) is 0 Å². The molecule has 3 N–H and O–H groups in total. The Morgan fingerprint density at radius 2 is 2.00 bits per heavy atom. The molecule has 3 aromatic rings. The van der Waals surface area contributed by atoms with Crippen LogP contribution in [0.3, 0.4) is 0 Å². The van der Waals surface area contributed by atoms with E-state index >= 15 is 0 Å². The summed E-state index contributed by atoms with van der Waals surface area (Å²) in [6.07, 6.45) is 0.542. The van der Waals surface area contributed by atoms with Crippen LogP contribution >= 0.6 is 0 Å². The molecule has 2 aliphatic rings. The molecule has 3 heterocycles. The summed E-state index contributed by atoms with van der Waals surface area (Å²) in [5.41, 5.74) is 3.59. The van der Waals surface area contributed by atoms with Crippen LogP contribution in [0.15, 0.2) is 42.5 Å². The number of piperidine rings is 1. The van der Waals surface area contributed by atoms with Gasteiger partial charge in [-0.25, -0.2) is 4.98 Å². The predicted molar refractivity (Wildman–Crippen MR) is 110 cm³/mol. The Balaban J connectivity index is 1.28. The van der Waals surface area contributed by atoms with Gasteiger partial charge in [0.2, 0.25) is 11.8 Å². The van der Waals surface area contributed by atoms with E-state index in [2.05, 4.69) is 20.6 Å². The molecular weight excluding hydrogens is 398 g/mol. The summed E-state index contributed by atoms with van der Waals surface area (Å²) in [6.45, 7) is 0.556. The molecule has 0 saturated carbocycles. The number of hydrogen-bond donors (Lipinski definition) is 3. The molecule has 4 amide bonds. The Hall–Kier alpha value is -4.01. The number of amides is 4. The van der Waals surface area contributed by atoms with Gasteiger partial charge in [-0.3, -0.25) is 24.5 Å². The van der Waals surface area contributed by atoms with Crippen molar-refractivity contribution in [3.05, 3.63) is 65.0 Å². The highest BCUT2D eigenvalue weighted by atomic mass is 16.2. The summed E-state index contributed by atoms with van der Waals surface area (Å²) in [5, 5.41) is 5.10. The number of fused-ring (bicyclic) bond motifs is 2. The van der Waals surface area contributed by atoms with Gasteiger partial charge in [-0.2, -0.15) is 0 Å². The molecule has 0 radical (unpaired) electrons. The summed E-state index contributed by atoms with van der Waals surface area (Å²) in [7, 11) is 0. The number of imidazole rings is 1. The van der Waals surface area contributed by atoms with Gasteiger partial charge in [-0.1, -0.05) is 24.3 Å². The Labute approximate surface area is 176 Å². The number of H-pyrrole nitrogens is 1. The maximum atomic E-state index is 12.9. The van der Waals surface area contributed by atoms with E-state index < -0.39 is 11.9 Å². The molecule has 1 saturated heterocycles. The quantitative estimate of drug-likeness (QED) is 0.551. The smallest absolute Gasteiger partial charge is 0.287 e. The van der Waals surface area contributed by atoms with Gasteiger partial charge in [0.05, 0.1) is 11.0 Å². The fourth-order valence-electron chi connectivity index (χ4n) is 4.04. The minimum Gasteiger partial charge on any atom is -0.345 e. The van der Waals surface area contributed by atoms with E-state index in [1.165, 1.54) is 4.90 Å². The van der Waals surface area contributed by atoms with Crippen LogP contribution in [0.5, 0.6) is 0 Å². The van der Waals surface area contributed by atoms with Crippen LogP contribution in [0.25, 0.3) is 11.0 Å². The second-order valence-electron chi connectivity index (χ2n) is 7.68. The Morgan fingerprint density at radius 3 is 2.81 bits per heavy atom. The lowest BCUT2D eigenvalue weighted by Gasteiger charge is -2.29. The van der Waals surface area contributed by atoms with Crippen molar-refractivity contribution in [2.45, 2.75) is 32.0 Å². The van der Waals surface area contributed by atoms with Crippen LogP contribution < -0.4 is 10.6 Å². The maximum Gasteiger partial charge on any atom is 0.287 e. The van der Waals surface area contributed by atoms with Gasteiger partial charge in [0.15, 0.2) is 5.82 Å². The van der Waals surface area contributed by atoms with Crippen molar-refractivity contribution in [2.75, 3.05) is 0 Å². The zero-order chi connectivity index (χ0) is 21.5. The summed E-state index contributed by atoms with van der Waals surface area (Å²) in [5.74, 6) is -1.10. The van der Waals surface area contributed by atoms with E-state index in [1.807, 2.05) is 36.4 Å². The molecule has 2 aromatic carbocycles. The third kappa shape index (κ3) is 3.43. The molecule has 5 rings (SSSR count). The number of rotatable bonds is 4. The van der Waals surface area contributed by atoms with Crippen LogP contribution in [0, 0.1) is 0 Å². The Morgan fingerprint density at radius 1 is 1.16 bits per heavy atom. The average Bonchev–Trinajstić information content (AvgIpc) is 3.34. The number of carbonyl (C=O) groups excluding carboxylic acids is 4. The number of hydrogen-bond acceptors (Lipinski definition) is 5. The lowest BCUT2D eigenvalue weighted by molar-refractivity contribution is -0.136. The lowest BCUT2D eigenvalue weighted by atomic mass is 10.0. The van der Waals surface area contributed by atoms with Gasteiger partial charge in [-0.05, 0) is 35.7 Å². The lowest BCUT2D eigenvalue weighted by Crippen LogP contribution is -2.52. The molecule has 0 spiro atoms. The summed E-state index contributed by atoms with van der Waals surface area (Å²) in [6, 6.07) is 12.2. The fourth-order valence-corrected chi connectivity index (χ4v) is 4.04. The predicted octanol–water partition coefficient (Wildman–Crippen LogP) is 1.25. The van der Waals surface area contributed by atoms with Crippen LogP contribution in [0.2, 0.25) is 0 Å². The number of aromatic nitrogens is 2. The van der Waals surface area contributed by atoms with Crippen LogP contribution in [-0.4, -0.2) is 44.5 Å². The first-order valence-electron chi connectivity index (χ1n) is 9.99. The number of benzene rings is 2. The van der Waals surface area contributed by atoms with E-state index in [4.69, 9.17) is 0 Å². The first-order valence-corrected chi connectivity index (χ1v) is 9.99. The highest BCUT2D eigenvalue weighted by molar-refractivity contribution is 6.05. The number of imide groups is 1. The topological polar surface area (TPSA) is 124 Å². The van der Waals surface area contributed by atoms with Crippen LogP contribution in [0.1, 0.15) is 44.9 Å². The van der Waals surface area contributed by atoms with Crippen molar-refractivity contribution in [1.82, 2.24) is 25.5 Å². The summed E-state index contributed by atoms with van der Waals surface area (Å²) < 4.78 is 0. The average molecular weight is 417 g/mol. The van der Waals surface area contributed by atoms with Crippen LogP contribution in [0.4, 0.5) is 0 Å². The largest absolute Gasteiger partial charge is 0.345 e. The van der Waals surface area contributed by atoms with E-state index in [0.717, 1.165) is 16.6 Å². The van der Waals surface area contributed by atoms with Gasteiger partial charge < -0.3 is 15.2 Å². The standard InChI is InChI=1S/C22H19N5O4/c28-18-8-7-17(20(29)26-18)27-11-13-6-5-12(9-14(13)22(27)31)10-23-21(30)19-24-15-3-1-2-4-16(15)25-19/h1-6,9,17H,7-8,10-11H2,(H,23,30)(H,24,25)(H,26,28,29). The van der Waals surface area contributed by atoms with Gasteiger partial charge in [0, 0.05) is 25.1 Å². The number of nitrogens with zero attached hydrogens (tertiary/aromatic N) is 2. The zero-order valence-electron chi connectivity index (χ0n) is 16.5. The third-order valence-electron chi connectivity index (χ3n) is 5.65. The molecule has 9 heteroatoms. The van der Waals surface area contributed by atoms with Crippen LogP contribution in [-0.2, 0) is 22.7 Å². The maximum absolute atomic E-state index is 12.9. The fraction of sp³-hybridized carbons (Fsp3) is 0.227. The highest BCUT2D eigenvalue weighted by Crippen LogP contribution is 2.28. The van der Waals surface area contributed by atoms with Gasteiger partial charge in [0.1, 0.15) is 6.04 Å². The van der Waals surface area contributed by atoms with E-state index in [0.29, 0.717) is 24.0 Å². The van der Waals surface area contributed by atoms with Gasteiger partial charge >= 0.3 is 0 Å². The molecule has 1 unspecified atom stereocenters.